The molecule has 158 valence electrons. The monoisotopic (exact) mass is 403 g/mol. The standard InChI is InChI=1S/C20H29N5O4/c1-24-14-16(13-21-24)19(26)25-7-5-20(6-8-25)12-15(3-10-28-20)11-18-22-17(23-29-18)4-9-27-2/h13-15H,3-12H2,1-2H3. The summed E-state index contributed by atoms with van der Waals surface area (Å²) in [4.78, 5) is 19.1. The fraction of sp³-hybridized carbons (Fsp3) is 0.700. The van der Waals surface area contributed by atoms with Gasteiger partial charge in [-0.15, -0.1) is 0 Å². The lowest BCUT2D eigenvalue weighted by atomic mass is 9.78. The van der Waals surface area contributed by atoms with Gasteiger partial charge in [0.05, 0.1) is 24.0 Å². The number of rotatable bonds is 6. The minimum atomic E-state index is -0.145. The SMILES string of the molecule is COCCc1noc(CC2CCOC3(CCN(C(=O)c4cnn(C)c4)CC3)C2)n1. The summed E-state index contributed by atoms with van der Waals surface area (Å²) in [5.41, 5.74) is 0.500. The normalized spacial score (nSPS) is 21.6. The van der Waals surface area contributed by atoms with E-state index in [0.717, 1.165) is 38.7 Å². The first-order valence-electron chi connectivity index (χ1n) is 10.3. The van der Waals surface area contributed by atoms with E-state index in [1.165, 1.54) is 0 Å². The Hall–Kier alpha value is -2.26. The smallest absolute Gasteiger partial charge is 0.257 e. The molecule has 2 saturated heterocycles. The van der Waals surface area contributed by atoms with Crippen molar-refractivity contribution < 1.29 is 18.8 Å². The van der Waals surface area contributed by atoms with Crippen LogP contribution in [-0.4, -0.2) is 69.7 Å². The molecule has 2 aromatic rings. The largest absolute Gasteiger partial charge is 0.384 e. The van der Waals surface area contributed by atoms with E-state index < -0.39 is 0 Å². The van der Waals surface area contributed by atoms with E-state index in [4.69, 9.17) is 14.0 Å². The van der Waals surface area contributed by atoms with E-state index in [1.54, 1.807) is 24.2 Å². The molecule has 2 aliphatic rings. The molecule has 2 fully saturated rings. The van der Waals surface area contributed by atoms with E-state index in [1.807, 2.05) is 11.9 Å². The predicted molar refractivity (Wildman–Crippen MR) is 103 cm³/mol. The van der Waals surface area contributed by atoms with Gasteiger partial charge >= 0.3 is 0 Å². The van der Waals surface area contributed by atoms with Gasteiger partial charge in [-0.3, -0.25) is 9.48 Å². The number of ether oxygens (including phenoxy) is 2. The van der Waals surface area contributed by atoms with Crippen LogP contribution in [0.5, 0.6) is 0 Å². The van der Waals surface area contributed by atoms with Gasteiger partial charge in [0.25, 0.3) is 5.91 Å². The molecule has 1 unspecified atom stereocenters. The van der Waals surface area contributed by atoms with Crippen LogP contribution in [0.2, 0.25) is 0 Å². The molecular weight excluding hydrogens is 374 g/mol. The molecule has 2 aromatic heterocycles. The Kier molecular flexibility index (Phi) is 5.96. The molecule has 2 aliphatic heterocycles. The Labute approximate surface area is 170 Å². The van der Waals surface area contributed by atoms with Crippen LogP contribution in [0.25, 0.3) is 0 Å². The maximum atomic E-state index is 12.7. The number of carbonyl (C=O) groups excluding carboxylic acids is 1. The van der Waals surface area contributed by atoms with E-state index in [0.29, 0.717) is 49.3 Å². The number of hydrogen-bond acceptors (Lipinski definition) is 7. The molecule has 0 bridgehead atoms. The van der Waals surface area contributed by atoms with Crippen molar-refractivity contribution >= 4 is 5.91 Å². The van der Waals surface area contributed by atoms with Crippen molar-refractivity contribution in [3.8, 4) is 0 Å². The van der Waals surface area contributed by atoms with Crippen LogP contribution in [0, 0.1) is 5.92 Å². The number of nitrogens with zero attached hydrogens (tertiary/aromatic N) is 5. The van der Waals surface area contributed by atoms with Crippen molar-refractivity contribution in [3.05, 3.63) is 29.7 Å². The molecule has 9 heteroatoms. The number of aromatic nitrogens is 4. The molecule has 4 rings (SSSR count). The summed E-state index contributed by atoms with van der Waals surface area (Å²) in [5.74, 6) is 1.91. The number of likely N-dealkylation sites (tertiary alicyclic amines) is 1. The van der Waals surface area contributed by atoms with Gasteiger partial charge in [0.1, 0.15) is 0 Å². The fourth-order valence-electron chi connectivity index (χ4n) is 4.40. The third kappa shape index (κ3) is 4.67. The highest BCUT2D eigenvalue weighted by molar-refractivity contribution is 5.93. The lowest BCUT2D eigenvalue weighted by Gasteiger charge is -2.46. The van der Waals surface area contributed by atoms with Gasteiger partial charge in [0, 0.05) is 52.9 Å². The van der Waals surface area contributed by atoms with Gasteiger partial charge in [0.2, 0.25) is 5.89 Å². The van der Waals surface area contributed by atoms with Crippen LogP contribution in [0.4, 0.5) is 0 Å². The Bertz CT molecular complexity index is 824. The predicted octanol–water partition coefficient (Wildman–Crippen LogP) is 1.64. The van der Waals surface area contributed by atoms with E-state index in [9.17, 15) is 4.79 Å². The summed E-state index contributed by atoms with van der Waals surface area (Å²) in [7, 11) is 3.49. The molecule has 29 heavy (non-hydrogen) atoms. The highest BCUT2D eigenvalue weighted by Gasteiger charge is 2.41. The first-order valence-corrected chi connectivity index (χ1v) is 10.3. The van der Waals surface area contributed by atoms with Crippen molar-refractivity contribution in [3.63, 3.8) is 0 Å². The molecule has 1 amide bonds. The zero-order chi connectivity index (χ0) is 20.3. The van der Waals surface area contributed by atoms with Crippen LogP contribution < -0.4 is 0 Å². The van der Waals surface area contributed by atoms with Crippen molar-refractivity contribution in [2.24, 2.45) is 13.0 Å². The summed E-state index contributed by atoms with van der Waals surface area (Å²) < 4.78 is 18.4. The van der Waals surface area contributed by atoms with Crippen molar-refractivity contribution in [1.29, 1.82) is 0 Å². The molecule has 0 N–H and O–H groups in total. The Balaban J connectivity index is 1.31. The quantitative estimate of drug-likeness (QED) is 0.723. The summed E-state index contributed by atoms with van der Waals surface area (Å²) >= 11 is 0. The van der Waals surface area contributed by atoms with Gasteiger partial charge in [-0.25, -0.2) is 0 Å². The molecular formula is C20H29N5O4. The van der Waals surface area contributed by atoms with Crippen LogP contribution >= 0.6 is 0 Å². The topological polar surface area (TPSA) is 95.5 Å². The van der Waals surface area contributed by atoms with E-state index >= 15 is 0 Å². The van der Waals surface area contributed by atoms with Crippen molar-refractivity contribution in [1.82, 2.24) is 24.8 Å². The second-order valence-electron chi connectivity index (χ2n) is 8.14. The van der Waals surface area contributed by atoms with Crippen LogP contribution in [-0.2, 0) is 29.4 Å². The Morgan fingerprint density at radius 3 is 2.93 bits per heavy atom. The number of piperidine rings is 1. The number of methoxy groups -OCH3 is 1. The molecule has 9 nitrogen and oxygen atoms in total. The molecule has 0 radical (unpaired) electrons. The lowest BCUT2D eigenvalue weighted by Crippen LogP contribution is -2.51. The fourth-order valence-corrected chi connectivity index (χ4v) is 4.40. The molecule has 0 saturated carbocycles. The third-order valence-electron chi connectivity index (χ3n) is 6.01. The van der Waals surface area contributed by atoms with Gasteiger partial charge < -0.3 is 18.9 Å². The minimum Gasteiger partial charge on any atom is -0.384 e. The second-order valence-corrected chi connectivity index (χ2v) is 8.14. The maximum absolute atomic E-state index is 12.7. The van der Waals surface area contributed by atoms with Gasteiger partial charge in [0.15, 0.2) is 5.82 Å². The van der Waals surface area contributed by atoms with Crippen LogP contribution in [0.15, 0.2) is 16.9 Å². The molecule has 0 aliphatic carbocycles. The van der Waals surface area contributed by atoms with Gasteiger partial charge in [-0.1, -0.05) is 5.16 Å². The summed E-state index contributed by atoms with van der Waals surface area (Å²) in [6.07, 6.45) is 8.53. The van der Waals surface area contributed by atoms with Crippen molar-refractivity contribution in [2.45, 2.75) is 44.1 Å². The number of carbonyl (C=O) groups is 1. The second kappa shape index (κ2) is 8.62. The average molecular weight is 403 g/mol. The third-order valence-corrected chi connectivity index (χ3v) is 6.01. The first-order chi connectivity index (χ1) is 14.1. The summed E-state index contributed by atoms with van der Waals surface area (Å²) in [6.45, 7) is 2.75. The van der Waals surface area contributed by atoms with Crippen LogP contribution in [0.1, 0.15) is 47.8 Å². The van der Waals surface area contributed by atoms with E-state index in [-0.39, 0.29) is 11.5 Å². The molecule has 1 spiro atoms. The van der Waals surface area contributed by atoms with Crippen LogP contribution in [0.3, 0.4) is 0 Å². The van der Waals surface area contributed by atoms with Gasteiger partial charge in [-0.05, 0) is 31.6 Å². The highest BCUT2D eigenvalue weighted by Crippen LogP contribution is 2.39. The van der Waals surface area contributed by atoms with Gasteiger partial charge in [-0.2, -0.15) is 10.1 Å². The van der Waals surface area contributed by atoms with E-state index in [2.05, 4.69) is 15.2 Å². The minimum absolute atomic E-state index is 0.0507. The number of amides is 1. The highest BCUT2D eigenvalue weighted by atomic mass is 16.5. The molecule has 1 atom stereocenters. The Morgan fingerprint density at radius 1 is 1.38 bits per heavy atom. The zero-order valence-corrected chi connectivity index (χ0v) is 17.2. The maximum Gasteiger partial charge on any atom is 0.257 e. The zero-order valence-electron chi connectivity index (χ0n) is 17.2. The molecule has 4 heterocycles. The molecule has 0 aromatic carbocycles. The Morgan fingerprint density at radius 2 is 2.21 bits per heavy atom. The summed E-state index contributed by atoms with van der Waals surface area (Å²) in [6, 6.07) is 0. The van der Waals surface area contributed by atoms with Crippen molar-refractivity contribution in [2.75, 3.05) is 33.4 Å². The average Bonchev–Trinajstić information content (AvgIpc) is 3.35. The first kappa shape index (κ1) is 20.0. The number of hydrogen-bond donors (Lipinski definition) is 0. The number of aryl methyl sites for hydroxylation is 1. The summed E-state index contributed by atoms with van der Waals surface area (Å²) in [5, 5.41) is 8.14. The lowest BCUT2D eigenvalue weighted by molar-refractivity contribution is -0.124.